The molecule has 0 fully saturated rings. The summed E-state index contributed by atoms with van der Waals surface area (Å²) in [5.41, 5.74) is 1.22. The zero-order chi connectivity index (χ0) is 15.7. The number of amides is 1. The van der Waals surface area contributed by atoms with Crippen LogP contribution in [0.3, 0.4) is 0 Å². The molecule has 114 valence electrons. The first-order chi connectivity index (χ1) is 10.0. The maximum Gasteiger partial charge on any atom is 0.238 e. The highest BCUT2D eigenvalue weighted by molar-refractivity contribution is 5.92. The molecule has 0 bridgehead atoms. The quantitative estimate of drug-likeness (QED) is 0.792. The Kier molecular flexibility index (Phi) is 7.44. The molecule has 1 aromatic rings. The molecule has 0 unspecified atom stereocenters. The van der Waals surface area contributed by atoms with Crippen LogP contribution in [0.2, 0.25) is 0 Å². The standard InChI is InChI=1S/C16H24N4O/c1-4-20(10-6-9-19(2)3)13-16(21)18-15-8-5-7-14(11-15)12-17/h5,7-8,11H,4,6,9-10,13H2,1-3H3,(H,18,21). The average molecular weight is 288 g/mol. The molecule has 0 radical (unpaired) electrons. The molecule has 21 heavy (non-hydrogen) atoms. The Morgan fingerprint density at radius 1 is 1.33 bits per heavy atom. The summed E-state index contributed by atoms with van der Waals surface area (Å²) in [5.74, 6) is -0.0446. The molecule has 1 aromatic carbocycles. The van der Waals surface area contributed by atoms with E-state index in [4.69, 9.17) is 5.26 Å². The van der Waals surface area contributed by atoms with Gasteiger partial charge >= 0.3 is 0 Å². The fourth-order valence-corrected chi connectivity index (χ4v) is 2.03. The van der Waals surface area contributed by atoms with Gasteiger partial charge in [0.05, 0.1) is 18.2 Å². The first-order valence-corrected chi connectivity index (χ1v) is 7.22. The zero-order valence-corrected chi connectivity index (χ0v) is 13.1. The first kappa shape index (κ1) is 17.2. The van der Waals surface area contributed by atoms with Crippen LogP contribution in [0.25, 0.3) is 0 Å². The fraction of sp³-hybridized carbons (Fsp3) is 0.500. The minimum absolute atomic E-state index is 0.0446. The lowest BCUT2D eigenvalue weighted by molar-refractivity contribution is -0.117. The Morgan fingerprint density at radius 3 is 2.71 bits per heavy atom. The molecular formula is C16H24N4O. The molecule has 0 saturated carbocycles. The number of benzene rings is 1. The van der Waals surface area contributed by atoms with Gasteiger partial charge < -0.3 is 10.2 Å². The molecule has 1 N–H and O–H groups in total. The molecule has 0 heterocycles. The Morgan fingerprint density at radius 2 is 2.10 bits per heavy atom. The van der Waals surface area contributed by atoms with E-state index < -0.39 is 0 Å². The summed E-state index contributed by atoms with van der Waals surface area (Å²) in [6, 6.07) is 9.02. The smallest absolute Gasteiger partial charge is 0.238 e. The summed E-state index contributed by atoms with van der Waals surface area (Å²) in [6.45, 7) is 5.20. The van der Waals surface area contributed by atoms with E-state index in [2.05, 4.69) is 28.1 Å². The van der Waals surface area contributed by atoms with Crippen LogP contribution in [-0.4, -0.2) is 56.0 Å². The van der Waals surface area contributed by atoms with Gasteiger partial charge in [0.15, 0.2) is 0 Å². The van der Waals surface area contributed by atoms with Crippen LogP contribution >= 0.6 is 0 Å². The SMILES string of the molecule is CCN(CCCN(C)C)CC(=O)Nc1cccc(C#N)c1. The van der Waals surface area contributed by atoms with Crippen LogP contribution in [0.5, 0.6) is 0 Å². The van der Waals surface area contributed by atoms with Crippen LogP contribution in [-0.2, 0) is 4.79 Å². The lowest BCUT2D eigenvalue weighted by Crippen LogP contribution is -2.34. The van der Waals surface area contributed by atoms with Gasteiger partial charge in [-0.25, -0.2) is 0 Å². The van der Waals surface area contributed by atoms with Gasteiger partial charge in [-0.05, 0) is 58.3 Å². The van der Waals surface area contributed by atoms with E-state index in [0.29, 0.717) is 17.8 Å². The molecule has 5 heteroatoms. The third-order valence-electron chi connectivity index (χ3n) is 3.17. The molecule has 1 amide bonds. The van der Waals surface area contributed by atoms with Crippen LogP contribution < -0.4 is 5.32 Å². The highest BCUT2D eigenvalue weighted by Crippen LogP contribution is 2.09. The number of anilines is 1. The van der Waals surface area contributed by atoms with Crippen molar-refractivity contribution < 1.29 is 4.79 Å². The van der Waals surface area contributed by atoms with Crippen molar-refractivity contribution in [2.75, 3.05) is 45.6 Å². The predicted octanol–water partition coefficient (Wildman–Crippen LogP) is 1.77. The average Bonchev–Trinajstić information content (AvgIpc) is 2.46. The molecule has 0 aromatic heterocycles. The normalized spacial score (nSPS) is 10.7. The number of likely N-dealkylation sites (N-methyl/N-ethyl adjacent to an activating group) is 1. The highest BCUT2D eigenvalue weighted by Gasteiger charge is 2.09. The largest absolute Gasteiger partial charge is 0.325 e. The summed E-state index contributed by atoms with van der Waals surface area (Å²) < 4.78 is 0. The van der Waals surface area contributed by atoms with Gasteiger partial charge in [0, 0.05) is 5.69 Å². The number of hydrogen-bond donors (Lipinski definition) is 1. The zero-order valence-electron chi connectivity index (χ0n) is 13.1. The van der Waals surface area contributed by atoms with E-state index in [-0.39, 0.29) is 5.91 Å². The van der Waals surface area contributed by atoms with E-state index in [9.17, 15) is 4.79 Å². The first-order valence-electron chi connectivity index (χ1n) is 7.22. The highest BCUT2D eigenvalue weighted by atomic mass is 16.2. The molecule has 0 saturated heterocycles. The van der Waals surface area contributed by atoms with Crippen molar-refractivity contribution in [2.24, 2.45) is 0 Å². The van der Waals surface area contributed by atoms with E-state index in [1.807, 2.05) is 14.1 Å². The van der Waals surface area contributed by atoms with Crippen molar-refractivity contribution in [1.29, 1.82) is 5.26 Å². The van der Waals surface area contributed by atoms with Gasteiger partial charge in [0.25, 0.3) is 0 Å². The third kappa shape index (κ3) is 6.89. The lowest BCUT2D eigenvalue weighted by Gasteiger charge is -2.20. The fourth-order valence-electron chi connectivity index (χ4n) is 2.03. The molecule has 1 rings (SSSR count). The number of carbonyl (C=O) groups is 1. The Hall–Kier alpha value is -1.90. The van der Waals surface area contributed by atoms with Crippen molar-refractivity contribution in [3.63, 3.8) is 0 Å². The van der Waals surface area contributed by atoms with Crippen LogP contribution in [0, 0.1) is 11.3 Å². The third-order valence-corrected chi connectivity index (χ3v) is 3.17. The number of nitriles is 1. The summed E-state index contributed by atoms with van der Waals surface area (Å²) in [4.78, 5) is 16.3. The summed E-state index contributed by atoms with van der Waals surface area (Å²) >= 11 is 0. The Labute approximate surface area is 127 Å². The van der Waals surface area contributed by atoms with Gasteiger partial charge in [0.1, 0.15) is 0 Å². The van der Waals surface area contributed by atoms with Crippen LogP contribution in [0.1, 0.15) is 18.9 Å². The maximum absolute atomic E-state index is 12.0. The van der Waals surface area contributed by atoms with Gasteiger partial charge in [-0.15, -0.1) is 0 Å². The summed E-state index contributed by atoms with van der Waals surface area (Å²) in [6.07, 6.45) is 1.04. The summed E-state index contributed by atoms with van der Waals surface area (Å²) in [5, 5.41) is 11.7. The molecular weight excluding hydrogens is 264 g/mol. The predicted molar refractivity (Wildman–Crippen MR) is 85.1 cm³/mol. The molecule has 0 aliphatic rings. The van der Waals surface area contributed by atoms with Crippen LogP contribution in [0.4, 0.5) is 5.69 Å². The second-order valence-electron chi connectivity index (χ2n) is 5.27. The van der Waals surface area contributed by atoms with Gasteiger partial charge in [-0.1, -0.05) is 13.0 Å². The maximum atomic E-state index is 12.0. The van der Waals surface area contributed by atoms with E-state index in [1.54, 1.807) is 24.3 Å². The van der Waals surface area contributed by atoms with E-state index in [0.717, 1.165) is 26.1 Å². The monoisotopic (exact) mass is 288 g/mol. The molecule has 0 aliphatic carbocycles. The number of hydrogen-bond acceptors (Lipinski definition) is 4. The Bertz CT molecular complexity index is 493. The molecule has 0 atom stereocenters. The molecule has 0 spiro atoms. The van der Waals surface area contributed by atoms with Crippen molar-refractivity contribution in [3.8, 4) is 6.07 Å². The Balaban J connectivity index is 2.45. The number of carbonyl (C=O) groups excluding carboxylic acids is 1. The van der Waals surface area contributed by atoms with Crippen molar-refractivity contribution in [3.05, 3.63) is 29.8 Å². The van der Waals surface area contributed by atoms with E-state index >= 15 is 0 Å². The van der Waals surface area contributed by atoms with Crippen molar-refractivity contribution in [2.45, 2.75) is 13.3 Å². The van der Waals surface area contributed by atoms with Crippen molar-refractivity contribution in [1.82, 2.24) is 9.80 Å². The topological polar surface area (TPSA) is 59.4 Å². The van der Waals surface area contributed by atoms with E-state index in [1.165, 1.54) is 0 Å². The minimum atomic E-state index is -0.0446. The van der Waals surface area contributed by atoms with Gasteiger partial charge in [-0.2, -0.15) is 5.26 Å². The van der Waals surface area contributed by atoms with Crippen LogP contribution in [0.15, 0.2) is 24.3 Å². The number of rotatable bonds is 8. The van der Waals surface area contributed by atoms with Gasteiger partial charge in [0.2, 0.25) is 5.91 Å². The number of nitrogens with one attached hydrogen (secondary N) is 1. The molecule has 5 nitrogen and oxygen atoms in total. The lowest BCUT2D eigenvalue weighted by atomic mass is 10.2. The number of nitrogens with zero attached hydrogens (tertiary/aromatic N) is 3. The molecule has 0 aliphatic heterocycles. The summed E-state index contributed by atoms with van der Waals surface area (Å²) in [7, 11) is 4.09. The second-order valence-corrected chi connectivity index (χ2v) is 5.27. The van der Waals surface area contributed by atoms with Crippen molar-refractivity contribution >= 4 is 11.6 Å². The second kappa shape index (κ2) is 9.11. The van der Waals surface area contributed by atoms with Gasteiger partial charge in [-0.3, -0.25) is 9.69 Å². The minimum Gasteiger partial charge on any atom is -0.325 e.